The minimum atomic E-state index is -0.191. The Morgan fingerprint density at radius 1 is 1.00 bits per heavy atom. The lowest BCUT2D eigenvalue weighted by molar-refractivity contribution is 0.0714. The van der Waals surface area contributed by atoms with Crippen LogP contribution in [-0.4, -0.2) is 52.9 Å². The van der Waals surface area contributed by atoms with E-state index in [9.17, 15) is 9.59 Å². The Kier molecular flexibility index (Phi) is 5.51. The first kappa shape index (κ1) is 18.7. The van der Waals surface area contributed by atoms with Crippen LogP contribution in [0.1, 0.15) is 26.6 Å². The van der Waals surface area contributed by atoms with Gasteiger partial charge in [0.1, 0.15) is 5.82 Å². The Morgan fingerprint density at radius 3 is 2.52 bits per heavy atom. The molecule has 8 heteroatoms. The quantitative estimate of drug-likeness (QED) is 0.715. The summed E-state index contributed by atoms with van der Waals surface area (Å²) < 4.78 is 5.18. The van der Waals surface area contributed by atoms with E-state index in [2.05, 4.69) is 20.2 Å². The van der Waals surface area contributed by atoms with Crippen LogP contribution < -0.4 is 10.2 Å². The number of amides is 2. The summed E-state index contributed by atoms with van der Waals surface area (Å²) in [5, 5.41) is 2.84. The number of piperazine rings is 1. The van der Waals surface area contributed by atoms with Crippen molar-refractivity contribution in [2.45, 2.75) is 6.54 Å². The Morgan fingerprint density at radius 2 is 1.86 bits per heavy atom. The van der Waals surface area contributed by atoms with Gasteiger partial charge in [-0.2, -0.15) is 0 Å². The third-order valence-corrected chi connectivity index (χ3v) is 4.79. The van der Waals surface area contributed by atoms with Crippen molar-refractivity contribution in [1.29, 1.82) is 0 Å². The van der Waals surface area contributed by atoms with Gasteiger partial charge in [-0.3, -0.25) is 14.6 Å². The largest absolute Gasteiger partial charge is 0.459 e. The Balaban J connectivity index is 1.30. The molecule has 4 rings (SSSR count). The summed E-state index contributed by atoms with van der Waals surface area (Å²) in [5.41, 5.74) is 1.30. The molecule has 0 atom stereocenters. The number of rotatable bonds is 5. The molecule has 1 saturated heterocycles. The molecular weight excluding hydrogens is 370 g/mol. The van der Waals surface area contributed by atoms with E-state index in [4.69, 9.17) is 4.42 Å². The number of furan rings is 1. The van der Waals surface area contributed by atoms with E-state index in [1.54, 1.807) is 35.5 Å². The third-order valence-electron chi connectivity index (χ3n) is 4.79. The van der Waals surface area contributed by atoms with Gasteiger partial charge in [0.25, 0.3) is 11.8 Å². The highest BCUT2D eigenvalue weighted by atomic mass is 16.3. The molecule has 1 aliphatic heterocycles. The summed E-state index contributed by atoms with van der Waals surface area (Å²) in [5.74, 6) is 0.861. The van der Waals surface area contributed by atoms with Gasteiger partial charge >= 0.3 is 0 Å². The molecule has 1 fully saturated rings. The molecule has 0 bridgehead atoms. The van der Waals surface area contributed by atoms with Gasteiger partial charge in [-0.25, -0.2) is 4.98 Å². The van der Waals surface area contributed by atoms with Crippen LogP contribution in [0.15, 0.2) is 65.5 Å². The van der Waals surface area contributed by atoms with Crippen molar-refractivity contribution in [3.63, 3.8) is 0 Å². The fourth-order valence-corrected chi connectivity index (χ4v) is 3.18. The fourth-order valence-electron chi connectivity index (χ4n) is 3.18. The number of aromatic nitrogens is 2. The number of hydrogen-bond donors (Lipinski definition) is 1. The standard InChI is InChI=1S/C21H21N5O3/c27-20(24-15-17-4-1-2-8-22-17)16-6-7-19(23-14-16)25-9-11-26(12-10-25)21(28)18-5-3-13-29-18/h1-8,13-14H,9-12,15H2,(H,24,27). The molecule has 148 valence electrons. The van der Waals surface area contributed by atoms with Gasteiger partial charge in [0, 0.05) is 38.6 Å². The minimum Gasteiger partial charge on any atom is -0.459 e. The van der Waals surface area contributed by atoms with Crippen molar-refractivity contribution in [2.75, 3.05) is 31.1 Å². The van der Waals surface area contributed by atoms with Gasteiger partial charge in [0.15, 0.2) is 5.76 Å². The Labute approximate surface area is 168 Å². The van der Waals surface area contributed by atoms with Crippen LogP contribution in [0, 0.1) is 0 Å². The van der Waals surface area contributed by atoms with Crippen molar-refractivity contribution in [3.8, 4) is 0 Å². The normalized spacial score (nSPS) is 13.9. The average Bonchev–Trinajstić information content (AvgIpc) is 3.33. The SMILES string of the molecule is O=C(NCc1ccccn1)c1ccc(N2CCN(C(=O)c3ccco3)CC2)nc1. The summed E-state index contributed by atoms with van der Waals surface area (Å²) in [4.78, 5) is 37.1. The number of nitrogens with one attached hydrogen (secondary N) is 1. The first-order valence-electron chi connectivity index (χ1n) is 9.42. The van der Waals surface area contributed by atoms with Gasteiger partial charge in [-0.1, -0.05) is 6.07 Å². The fraction of sp³-hybridized carbons (Fsp3) is 0.238. The second-order valence-electron chi connectivity index (χ2n) is 6.67. The first-order valence-corrected chi connectivity index (χ1v) is 9.42. The molecule has 4 heterocycles. The van der Waals surface area contributed by atoms with Crippen LogP contribution in [0.5, 0.6) is 0 Å². The van der Waals surface area contributed by atoms with Gasteiger partial charge in [-0.05, 0) is 36.4 Å². The molecule has 2 amide bonds. The number of carbonyl (C=O) groups is 2. The molecule has 1 N–H and O–H groups in total. The second kappa shape index (κ2) is 8.55. The van der Waals surface area contributed by atoms with E-state index in [0.29, 0.717) is 44.0 Å². The number of hydrogen-bond acceptors (Lipinski definition) is 6. The smallest absolute Gasteiger partial charge is 0.289 e. The first-order chi connectivity index (χ1) is 14.2. The molecule has 0 saturated carbocycles. The van der Waals surface area contributed by atoms with Crippen molar-refractivity contribution >= 4 is 17.6 Å². The van der Waals surface area contributed by atoms with Gasteiger partial charge in [-0.15, -0.1) is 0 Å². The van der Waals surface area contributed by atoms with Gasteiger partial charge < -0.3 is 19.5 Å². The molecule has 0 radical (unpaired) electrons. The molecule has 8 nitrogen and oxygen atoms in total. The summed E-state index contributed by atoms with van der Waals surface area (Å²) in [6.07, 6.45) is 4.77. The monoisotopic (exact) mass is 391 g/mol. The lowest BCUT2D eigenvalue weighted by atomic mass is 10.2. The van der Waals surface area contributed by atoms with Crippen LogP contribution in [0.25, 0.3) is 0 Å². The predicted octanol–water partition coefficient (Wildman–Crippen LogP) is 1.96. The molecule has 29 heavy (non-hydrogen) atoms. The van der Waals surface area contributed by atoms with Crippen molar-refractivity contribution in [1.82, 2.24) is 20.2 Å². The van der Waals surface area contributed by atoms with Gasteiger partial charge in [0.2, 0.25) is 0 Å². The topological polar surface area (TPSA) is 91.6 Å². The maximum absolute atomic E-state index is 12.3. The van der Waals surface area contributed by atoms with Crippen molar-refractivity contribution in [3.05, 3.63) is 78.1 Å². The van der Waals surface area contributed by atoms with Crippen LogP contribution in [0.3, 0.4) is 0 Å². The summed E-state index contributed by atoms with van der Waals surface area (Å²) in [7, 11) is 0. The van der Waals surface area contributed by atoms with E-state index < -0.39 is 0 Å². The summed E-state index contributed by atoms with van der Waals surface area (Å²) in [6, 6.07) is 12.6. The lowest BCUT2D eigenvalue weighted by Crippen LogP contribution is -2.49. The van der Waals surface area contributed by atoms with Crippen LogP contribution in [-0.2, 0) is 6.54 Å². The van der Waals surface area contributed by atoms with Crippen LogP contribution >= 0.6 is 0 Å². The molecule has 3 aromatic heterocycles. The highest BCUT2D eigenvalue weighted by Crippen LogP contribution is 2.16. The van der Waals surface area contributed by atoms with E-state index in [1.807, 2.05) is 24.3 Å². The number of pyridine rings is 2. The maximum atomic E-state index is 12.3. The van der Waals surface area contributed by atoms with Crippen molar-refractivity contribution < 1.29 is 14.0 Å². The minimum absolute atomic E-state index is 0.0949. The van der Waals surface area contributed by atoms with E-state index in [-0.39, 0.29) is 11.8 Å². The molecular formula is C21H21N5O3. The highest BCUT2D eigenvalue weighted by molar-refractivity contribution is 5.94. The average molecular weight is 391 g/mol. The Bertz CT molecular complexity index is 950. The van der Waals surface area contributed by atoms with Crippen LogP contribution in [0.2, 0.25) is 0 Å². The van der Waals surface area contributed by atoms with Gasteiger partial charge in [0.05, 0.1) is 24.1 Å². The molecule has 3 aromatic rings. The zero-order valence-corrected chi connectivity index (χ0v) is 15.8. The van der Waals surface area contributed by atoms with Crippen LogP contribution in [0.4, 0.5) is 5.82 Å². The second-order valence-corrected chi connectivity index (χ2v) is 6.67. The third kappa shape index (κ3) is 4.43. The number of carbonyl (C=O) groups excluding carboxylic acids is 2. The zero-order chi connectivity index (χ0) is 20.1. The van der Waals surface area contributed by atoms with Crippen molar-refractivity contribution in [2.24, 2.45) is 0 Å². The lowest BCUT2D eigenvalue weighted by Gasteiger charge is -2.35. The molecule has 0 unspecified atom stereocenters. The van der Waals surface area contributed by atoms with E-state index in [0.717, 1.165) is 11.5 Å². The van der Waals surface area contributed by atoms with E-state index >= 15 is 0 Å². The Hall–Kier alpha value is -3.68. The summed E-state index contributed by atoms with van der Waals surface area (Å²) >= 11 is 0. The molecule has 0 aromatic carbocycles. The number of anilines is 1. The molecule has 0 spiro atoms. The molecule has 1 aliphatic rings. The van der Waals surface area contributed by atoms with E-state index in [1.165, 1.54) is 6.26 Å². The maximum Gasteiger partial charge on any atom is 0.289 e. The number of nitrogens with zero attached hydrogens (tertiary/aromatic N) is 4. The zero-order valence-electron chi connectivity index (χ0n) is 15.8. The molecule has 0 aliphatic carbocycles. The predicted molar refractivity (Wildman–Crippen MR) is 106 cm³/mol. The highest BCUT2D eigenvalue weighted by Gasteiger charge is 2.24. The summed E-state index contributed by atoms with van der Waals surface area (Å²) in [6.45, 7) is 2.89.